The van der Waals surface area contributed by atoms with Crippen LogP contribution in [0.1, 0.15) is 17.3 Å². The zero-order valence-electron chi connectivity index (χ0n) is 12.1. The van der Waals surface area contributed by atoms with Gasteiger partial charge in [0, 0.05) is 28.7 Å². The van der Waals surface area contributed by atoms with E-state index in [1.54, 1.807) is 29.1 Å². The minimum absolute atomic E-state index is 0.243. The molecule has 5 nitrogen and oxygen atoms in total. The molecular weight excluding hydrogens is 355 g/mol. The molecule has 1 aromatic carbocycles. The van der Waals surface area contributed by atoms with Gasteiger partial charge in [-0.25, -0.2) is 4.98 Å². The average molecular weight is 367 g/mol. The summed E-state index contributed by atoms with van der Waals surface area (Å²) in [6.07, 6.45) is 3.23. The van der Waals surface area contributed by atoms with Gasteiger partial charge in [-0.15, -0.1) is 11.3 Å². The zero-order valence-corrected chi connectivity index (χ0v) is 14.4. The van der Waals surface area contributed by atoms with Crippen molar-refractivity contribution in [1.82, 2.24) is 14.8 Å². The number of benzene rings is 1. The van der Waals surface area contributed by atoms with Crippen LogP contribution in [0.15, 0.2) is 36.0 Å². The molecule has 0 saturated heterocycles. The van der Waals surface area contributed by atoms with E-state index < -0.39 is 0 Å². The van der Waals surface area contributed by atoms with Gasteiger partial charge in [0.1, 0.15) is 0 Å². The van der Waals surface area contributed by atoms with Crippen LogP contribution >= 0.6 is 34.5 Å². The Morgan fingerprint density at radius 3 is 2.91 bits per heavy atom. The molecule has 23 heavy (non-hydrogen) atoms. The molecule has 0 aliphatic heterocycles. The number of hydrogen-bond acceptors (Lipinski definition) is 4. The van der Waals surface area contributed by atoms with Crippen molar-refractivity contribution in [3.63, 3.8) is 0 Å². The summed E-state index contributed by atoms with van der Waals surface area (Å²) in [6.45, 7) is 2.67. The topological polar surface area (TPSA) is 59.8 Å². The van der Waals surface area contributed by atoms with E-state index in [0.29, 0.717) is 33.0 Å². The molecule has 3 aromatic rings. The summed E-state index contributed by atoms with van der Waals surface area (Å²) in [5, 5.41) is 10.3. The predicted molar refractivity (Wildman–Crippen MR) is 93.4 cm³/mol. The SMILES string of the molecule is CCn1cc(C(=O)Nc2nc(-c3ccc(Cl)cc3Cl)cs2)cn1. The molecule has 0 aliphatic rings. The fourth-order valence-electron chi connectivity index (χ4n) is 1.98. The first-order valence-corrected chi connectivity index (χ1v) is 8.45. The number of amides is 1. The first-order valence-electron chi connectivity index (χ1n) is 6.81. The molecule has 2 heterocycles. The van der Waals surface area contributed by atoms with Crippen LogP contribution in [0.2, 0.25) is 10.0 Å². The lowest BCUT2D eigenvalue weighted by atomic mass is 10.2. The predicted octanol–water partition coefficient (Wildman–Crippen LogP) is 4.59. The molecule has 1 N–H and O–H groups in total. The van der Waals surface area contributed by atoms with Gasteiger partial charge in [0.05, 0.1) is 22.5 Å². The zero-order chi connectivity index (χ0) is 16.4. The number of thiazole rings is 1. The van der Waals surface area contributed by atoms with Crippen LogP contribution in [-0.4, -0.2) is 20.7 Å². The number of hydrogen-bond donors (Lipinski definition) is 1. The van der Waals surface area contributed by atoms with E-state index in [0.717, 1.165) is 5.56 Å². The third kappa shape index (κ3) is 3.55. The van der Waals surface area contributed by atoms with E-state index in [9.17, 15) is 4.79 Å². The number of halogens is 2. The van der Waals surface area contributed by atoms with E-state index in [1.807, 2.05) is 12.3 Å². The Bertz CT molecular complexity index is 859. The summed E-state index contributed by atoms with van der Waals surface area (Å²) < 4.78 is 1.69. The van der Waals surface area contributed by atoms with E-state index in [1.165, 1.54) is 17.5 Å². The van der Waals surface area contributed by atoms with Crippen molar-refractivity contribution < 1.29 is 4.79 Å². The van der Waals surface area contributed by atoms with Crippen LogP contribution in [-0.2, 0) is 6.54 Å². The Morgan fingerprint density at radius 1 is 1.39 bits per heavy atom. The molecule has 3 rings (SSSR count). The maximum absolute atomic E-state index is 12.2. The molecule has 0 atom stereocenters. The molecular formula is C15H12Cl2N4OS. The van der Waals surface area contributed by atoms with Gasteiger partial charge in [0.25, 0.3) is 5.91 Å². The van der Waals surface area contributed by atoms with E-state index in [4.69, 9.17) is 23.2 Å². The number of rotatable bonds is 4. The summed E-state index contributed by atoms with van der Waals surface area (Å²) >= 11 is 13.4. The molecule has 0 bridgehead atoms. The molecule has 0 fully saturated rings. The minimum Gasteiger partial charge on any atom is -0.298 e. The van der Waals surface area contributed by atoms with Crippen LogP contribution in [0, 0.1) is 0 Å². The van der Waals surface area contributed by atoms with Gasteiger partial charge in [0.15, 0.2) is 5.13 Å². The molecule has 0 aliphatic carbocycles. The van der Waals surface area contributed by atoms with Crippen LogP contribution in [0.5, 0.6) is 0 Å². The number of carbonyl (C=O) groups excluding carboxylic acids is 1. The number of nitrogens with one attached hydrogen (secondary N) is 1. The summed E-state index contributed by atoms with van der Waals surface area (Å²) in [5.74, 6) is -0.243. The largest absolute Gasteiger partial charge is 0.298 e. The van der Waals surface area contributed by atoms with Crippen molar-refractivity contribution in [3.8, 4) is 11.3 Å². The van der Waals surface area contributed by atoms with Crippen LogP contribution in [0.4, 0.5) is 5.13 Å². The lowest BCUT2D eigenvalue weighted by molar-refractivity contribution is 0.102. The van der Waals surface area contributed by atoms with E-state index in [2.05, 4.69) is 15.4 Å². The highest BCUT2D eigenvalue weighted by Gasteiger charge is 2.13. The second kappa shape index (κ2) is 6.70. The molecule has 8 heteroatoms. The molecule has 0 radical (unpaired) electrons. The Morgan fingerprint density at radius 2 is 2.22 bits per heavy atom. The Labute approximate surface area is 146 Å². The number of carbonyl (C=O) groups is 1. The maximum Gasteiger partial charge on any atom is 0.260 e. The Kier molecular flexibility index (Phi) is 4.66. The molecule has 118 valence electrons. The quantitative estimate of drug-likeness (QED) is 0.734. The highest BCUT2D eigenvalue weighted by atomic mass is 35.5. The number of anilines is 1. The molecule has 2 aromatic heterocycles. The van der Waals surface area contributed by atoms with Crippen LogP contribution in [0.3, 0.4) is 0 Å². The van der Waals surface area contributed by atoms with Gasteiger partial charge < -0.3 is 0 Å². The fourth-order valence-corrected chi connectivity index (χ4v) is 3.19. The lowest BCUT2D eigenvalue weighted by Gasteiger charge is -2.01. The van der Waals surface area contributed by atoms with E-state index >= 15 is 0 Å². The Balaban J connectivity index is 1.78. The highest BCUT2D eigenvalue weighted by Crippen LogP contribution is 2.32. The second-order valence-corrected chi connectivity index (χ2v) is 6.40. The van der Waals surface area contributed by atoms with Gasteiger partial charge in [-0.05, 0) is 25.1 Å². The van der Waals surface area contributed by atoms with Crippen molar-refractivity contribution in [2.24, 2.45) is 0 Å². The van der Waals surface area contributed by atoms with Crippen molar-refractivity contribution in [2.45, 2.75) is 13.5 Å². The Hall–Kier alpha value is -1.89. The highest BCUT2D eigenvalue weighted by molar-refractivity contribution is 7.14. The third-order valence-corrected chi connectivity index (χ3v) is 4.46. The fraction of sp³-hybridized carbons (Fsp3) is 0.133. The maximum atomic E-state index is 12.2. The standard InChI is InChI=1S/C15H12Cl2N4OS/c1-2-21-7-9(6-18-21)14(22)20-15-19-13(8-23-15)11-4-3-10(16)5-12(11)17/h3-8H,2H2,1H3,(H,19,20,22). The van der Waals surface area contributed by atoms with Gasteiger partial charge in [0.2, 0.25) is 0 Å². The van der Waals surface area contributed by atoms with Crippen molar-refractivity contribution in [1.29, 1.82) is 0 Å². The van der Waals surface area contributed by atoms with Crippen LogP contribution in [0.25, 0.3) is 11.3 Å². The number of nitrogens with zero attached hydrogens (tertiary/aromatic N) is 3. The van der Waals surface area contributed by atoms with E-state index in [-0.39, 0.29) is 5.91 Å². The molecule has 0 saturated carbocycles. The minimum atomic E-state index is -0.243. The summed E-state index contributed by atoms with van der Waals surface area (Å²) in [7, 11) is 0. The normalized spacial score (nSPS) is 10.7. The van der Waals surface area contributed by atoms with Crippen LogP contribution < -0.4 is 5.32 Å². The monoisotopic (exact) mass is 366 g/mol. The molecule has 0 spiro atoms. The lowest BCUT2D eigenvalue weighted by Crippen LogP contribution is -2.10. The number of aryl methyl sites for hydroxylation is 1. The third-order valence-electron chi connectivity index (χ3n) is 3.15. The van der Waals surface area contributed by atoms with Crippen molar-refractivity contribution in [2.75, 3.05) is 5.32 Å². The smallest absolute Gasteiger partial charge is 0.260 e. The van der Waals surface area contributed by atoms with Gasteiger partial charge in [-0.2, -0.15) is 5.10 Å². The molecule has 1 amide bonds. The molecule has 0 unspecified atom stereocenters. The summed E-state index contributed by atoms with van der Waals surface area (Å²) in [4.78, 5) is 16.6. The van der Waals surface area contributed by atoms with Gasteiger partial charge >= 0.3 is 0 Å². The second-order valence-electron chi connectivity index (χ2n) is 4.70. The first kappa shape index (κ1) is 16.0. The van der Waals surface area contributed by atoms with Crippen molar-refractivity contribution >= 4 is 45.6 Å². The van der Waals surface area contributed by atoms with Crippen molar-refractivity contribution in [3.05, 3.63) is 51.6 Å². The summed E-state index contributed by atoms with van der Waals surface area (Å²) in [6, 6.07) is 5.21. The summed E-state index contributed by atoms with van der Waals surface area (Å²) in [5.41, 5.74) is 1.95. The van der Waals surface area contributed by atoms with Gasteiger partial charge in [-0.1, -0.05) is 23.2 Å². The first-order chi connectivity index (χ1) is 11.1. The number of aromatic nitrogens is 3. The van der Waals surface area contributed by atoms with Gasteiger partial charge in [-0.3, -0.25) is 14.8 Å². The average Bonchev–Trinajstić information content (AvgIpc) is 3.16.